The molecule has 3 aromatic heterocycles. The molecule has 0 saturated carbocycles. The molecule has 10 nitrogen and oxygen atoms in total. The number of hydrogen-bond acceptors (Lipinski definition) is 6. The van der Waals surface area contributed by atoms with Crippen LogP contribution in [-0.2, 0) is 31.6 Å². The van der Waals surface area contributed by atoms with Gasteiger partial charge >= 0.3 is 11.9 Å². The lowest BCUT2D eigenvalue weighted by Crippen LogP contribution is -2.51. The van der Waals surface area contributed by atoms with Crippen molar-refractivity contribution >= 4 is 22.9 Å². The van der Waals surface area contributed by atoms with Crippen molar-refractivity contribution < 1.29 is 18.0 Å². The van der Waals surface area contributed by atoms with Gasteiger partial charge in [0.1, 0.15) is 12.4 Å². The van der Waals surface area contributed by atoms with Crippen LogP contribution < -0.4 is 16.1 Å². The first-order valence-electron chi connectivity index (χ1n) is 9.74. The molecule has 1 aliphatic heterocycles. The maximum Gasteiger partial charge on any atom is 0.417 e. The molecule has 13 heteroatoms. The SMILES string of the molecule is Cn1cnc2c1c(=O)n(CC(=O)N1CCN(c3ccc(C(F)(F)F)cn3)CC1)c(=O)n2C. The van der Waals surface area contributed by atoms with E-state index in [9.17, 15) is 27.6 Å². The van der Waals surface area contributed by atoms with Crippen LogP contribution in [0.5, 0.6) is 0 Å². The first-order valence-corrected chi connectivity index (χ1v) is 9.74. The van der Waals surface area contributed by atoms with E-state index in [4.69, 9.17) is 0 Å². The van der Waals surface area contributed by atoms with Crippen molar-refractivity contribution in [1.82, 2.24) is 28.6 Å². The predicted octanol–water partition coefficient (Wildman–Crippen LogP) is 0.196. The van der Waals surface area contributed by atoms with E-state index in [1.54, 1.807) is 11.9 Å². The largest absolute Gasteiger partial charge is 0.417 e. The number of anilines is 1. The van der Waals surface area contributed by atoms with E-state index < -0.39 is 35.4 Å². The zero-order valence-electron chi connectivity index (χ0n) is 17.3. The molecule has 0 radical (unpaired) electrons. The summed E-state index contributed by atoms with van der Waals surface area (Å²) in [7, 11) is 3.11. The monoisotopic (exact) mass is 451 g/mol. The summed E-state index contributed by atoms with van der Waals surface area (Å²) in [5.41, 5.74) is -1.60. The number of fused-ring (bicyclic) bond motifs is 1. The van der Waals surface area contributed by atoms with Crippen LogP contribution in [0.25, 0.3) is 11.2 Å². The summed E-state index contributed by atoms with van der Waals surface area (Å²) >= 11 is 0. The summed E-state index contributed by atoms with van der Waals surface area (Å²) in [5, 5.41) is 0. The van der Waals surface area contributed by atoms with E-state index >= 15 is 0 Å². The second-order valence-electron chi connectivity index (χ2n) is 7.53. The van der Waals surface area contributed by atoms with Crippen LogP contribution >= 0.6 is 0 Å². The molecule has 0 atom stereocenters. The highest BCUT2D eigenvalue weighted by molar-refractivity contribution is 5.77. The van der Waals surface area contributed by atoms with Gasteiger partial charge in [0.05, 0.1) is 11.9 Å². The molecule has 4 rings (SSSR count). The van der Waals surface area contributed by atoms with E-state index in [2.05, 4.69) is 9.97 Å². The number of imidazole rings is 1. The first-order chi connectivity index (χ1) is 15.1. The van der Waals surface area contributed by atoms with Gasteiger partial charge in [-0.3, -0.25) is 14.2 Å². The van der Waals surface area contributed by atoms with Gasteiger partial charge in [-0.25, -0.2) is 19.3 Å². The molecule has 3 aromatic rings. The van der Waals surface area contributed by atoms with Crippen LogP contribution in [-0.4, -0.2) is 60.7 Å². The first kappa shape index (κ1) is 21.6. The van der Waals surface area contributed by atoms with Crippen molar-refractivity contribution in [3.8, 4) is 0 Å². The lowest BCUT2D eigenvalue weighted by atomic mass is 10.2. The summed E-state index contributed by atoms with van der Waals surface area (Å²) in [6, 6.07) is 2.27. The molecule has 0 bridgehead atoms. The van der Waals surface area contributed by atoms with Gasteiger partial charge in [-0.1, -0.05) is 0 Å². The number of nitrogens with zero attached hydrogens (tertiary/aromatic N) is 7. The molecule has 1 aliphatic rings. The molecule has 0 spiro atoms. The Balaban J connectivity index is 1.46. The number of rotatable bonds is 3. The molecule has 1 amide bonds. The fourth-order valence-corrected chi connectivity index (χ4v) is 3.70. The number of halogens is 3. The topological polar surface area (TPSA) is 98.3 Å². The van der Waals surface area contributed by atoms with Crippen LogP contribution in [0.2, 0.25) is 0 Å². The van der Waals surface area contributed by atoms with Crippen molar-refractivity contribution in [1.29, 1.82) is 0 Å². The third-order valence-corrected chi connectivity index (χ3v) is 5.53. The summed E-state index contributed by atoms with van der Waals surface area (Å²) < 4.78 is 41.7. The quantitative estimate of drug-likeness (QED) is 0.564. The number of carbonyl (C=O) groups excluding carboxylic acids is 1. The van der Waals surface area contributed by atoms with Crippen LogP contribution in [0.3, 0.4) is 0 Å². The Bertz CT molecular complexity index is 1280. The molecule has 4 heterocycles. The molecule has 0 aromatic carbocycles. The number of aryl methyl sites for hydroxylation is 2. The van der Waals surface area contributed by atoms with Crippen LogP contribution in [0, 0.1) is 0 Å². The average Bonchev–Trinajstić information content (AvgIpc) is 3.16. The van der Waals surface area contributed by atoms with Gasteiger partial charge in [0.2, 0.25) is 5.91 Å². The Morgan fingerprint density at radius 2 is 1.75 bits per heavy atom. The average molecular weight is 451 g/mol. The highest BCUT2D eigenvalue weighted by Gasteiger charge is 2.31. The van der Waals surface area contributed by atoms with Gasteiger partial charge in [-0.05, 0) is 12.1 Å². The smallest absolute Gasteiger partial charge is 0.353 e. The molecule has 0 unspecified atom stereocenters. The van der Waals surface area contributed by atoms with E-state index in [-0.39, 0.29) is 24.3 Å². The normalized spacial score (nSPS) is 14.9. The molecule has 32 heavy (non-hydrogen) atoms. The summed E-state index contributed by atoms with van der Waals surface area (Å²) in [4.78, 5) is 49.3. The fourth-order valence-electron chi connectivity index (χ4n) is 3.70. The number of alkyl halides is 3. The van der Waals surface area contributed by atoms with Gasteiger partial charge in [-0.2, -0.15) is 13.2 Å². The van der Waals surface area contributed by atoms with Gasteiger partial charge in [0.15, 0.2) is 11.2 Å². The van der Waals surface area contributed by atoms with E-state index in [1.807, 2.05) is 0 Å². The van der Waals surface area contributed by atoms with E-state index in [0.717, 1.165) is 16.8 Å². The minimum Gasteiger partial charge on any atom is -0.353 e. The van der Waals surface area contributed by atoms with Crippen molar-refractivity contribution in [2.24, 2.45) is 14.1 Å². The van der Waals surface area contributed by atoms with Crippen molar-refractivity contribution in [3.05, 3.63) is 51.1 Å². The number of pyridine rings is 1. The van der Waals surface area contributed by atoms with E-state index in [0.29, 0.717) is 18.9 Å². The third-order valence-electron chi connectivity index (χ3n) is 5.53. The van der Waals surface area contributed by atoms with Crippen LogP contribution in [0.15, 0.2) is 34.2 Å². The summed E-state index contributed by atoms with van der Waals surface area (Å²) in [6.45, 7) is 0.871. The highest BCUT2D eigenvalue weighted by atomic mass is 19.4. The number of piperazine rings is 1. The van der Waals surface area contributed by atoms with Crippen molar-refractivity contribution in [3.63, 3.8) is 0 Å². The fraction of sp³-hybridized carbons (Fsp3) is 0.421. The van der Waals surface area contributed by atoms with Gasteiger partial charge in [0.25, 0.3) is 5.56 Å². The summed E-state index contributed by atoms with van der Waals surface area (Å²) in [6.07, 6.45) is -2.25. The maximum absolute atomic E-state index is 12.8. The second-order valence-corrected chi connectivity index (χ2v) is 7.53. The minimum atomic E-state index is -4.45. The van der Waals surface area contributed by atoms with Crippen LogP contribution in [0.1, 0.15) is 5.56 Å². The minimum absolute atomic E-state index is 0.220. The molecular formula is C19H20F3N7O3. The third kappa shape index (κ3) is 3.74. The molecule has 1 fully saturated rings. The molecule has 0 N–H and O–H groups in total. The van der Waals surface area contributed by atoms with Gasteiger partial charge < -0.3 is 14.4 Å². The Hall–Kier alpha value is -3.64. The van der Waals surface area contributed by atoms with E-state index in [1.165, 1.54) is 33.5 Å². The Labute approximate surface area is 179 Å². The zero-order valence-corrected chi connectivity index (χ0v) is 17.3. The Morgan fingerprint density at radius 1 is 1.06 bits per heavy atom. The highest BCUT2D eigenvalue weighted by Crippen LogP contribution is 2.29. The second kappa shape index (κ2) is 7.80. The van der Waals surface area contributed by atoms with Gasteiger partial charge in [0, 0.05) is 46.5 Å². The number of aromatic nitrogens is 5. The predicted molar refractivity (Wildman–Crippen MR) is 108 cm³/mol. The van der Waals surface area contributed by atoms with Gasteiger partial charge in [-0.15, -0.1) is 0 Å². The molecule has 1 saturated heterocycles. The standard InChI is InChI=1S/C19H20F3N7O3/c1-25-11-24-16-15(25)17(31)29(18(32)26(16)2)10-14(30)28-7-5-27(6-8-28)13-4-3-12(9-23-13)19(20,21)22/h3-4,9,11H,5-8,10H2,1-2H3. The molecule has 0 aliphatic carbocycles. The lowest BCUT2D eigenvalue weighted by Gasteiger charge is -2.35. The molecular weight excluding hydrogens is 431 g/mol. The number of amides is 1. The Morgan fingerprint density at radius 3 is 2.34 bits per heavy atom. The Kier molecular flexibility index (Phi) is 5.26. The summed E-state index contributed by atoms with van der Waals surface area (Å²) in [5.74, 6) is -0.0115. The molecule has 170 valence electrons. The van der Waals surface area contributed by atoms with Crippen LogP contribution in [0.4, 0.5) is 19.0 Å². The number of carbonyl (C=O) groups is 1. The lowest BCUT2D eigenvalue weighted by molar-refractivity contribution is -0.138. The zero-order chi connectivity index (χ0) is 23.2. The number of hydrogen-bond donors (Lipinski definition) is 0. The maximum atomic E-state index is 12.8. The van der Waals surface area contributed by atoms with Crippen molar-refractivity contribution in [2.45, 2.75) is 12.7 Å². The van der Waals surface area contributed by atoms with Crippen molar-refractivity contribution in [2.75, 3.05) is 31.1 Å².